The van der Waals surface area contributed by atoms with Crippen LogP contribution in [-0.4, -0.2) is 32.3 Å². The summed E-state index contributed by atoms with van der Waals surface area (Å²) in [6, 6.07) is 0. The van der Waals surface area contributed by atoms with Crippen LogP contribution in [0.25, 0.3) is 0 Å². The summed E-state index contributed by atoms with van der Waals surface area (Å²) in [6.07, 6.45) is -1.61. The van der Waals surface area contributed by atoms with E-state index >= 15 is 0 Å². The zero-order valence-electron chi connectivity index (χ0n) is 8.99. The molecule has 0 amide bonds. The number of hydrogen-bond acceptors (Lipinski definition) is 6. The average Bonchev–Trinajstić information content (AvgIpc) is 2.65. The van der Waals surface area contributed by atoms with Gasteiger partial charge in [0.25, 0.3) is 5.56 Å². The molecule has 8 heteroatoms. The molecule has 94 valence electrons. The first-order chi connectivity index (χ1) is 8.02. The first-order valence-electron chi connectivity index (χ1n) is 4.98. The van der Waals surface area contributed by atoms with Gasteiger partial charge in [0.15, 0.2) is 0 Å². The van der Waals surface area contributed by atoms with E-state index in [0.717, 1.165) is 4.57 Å². The minimum absolute atomic E-state index is 0.0800. The van der Waals surface area contributed by atoms with Crippen LogP contribution in [0.3, 0.4) is 0 Å². The van der Waals surface area contributed by atoms with E-state index in [-0.39, 0.29) is 6.42 Å². The summed E-state index contributed by atoms with van der Waals surface area (Å²) in [5.41, 5.74) is -0.771. The second-order valence-electron chi connectivity index (χ2n) is 3.85. The van der Waals surface area contributed by atoms with Crippen molar-refractivity contribution >= 4 is 0 Å². The highest BCUT2D eigenvalue weighted by Gasteiger charge is 2.36. The zero-order chi connectivity index (χ0) is 12.6. The van der Waals surface area contributed by atoms with Gasteiger partial charge in [-0.15, -0.1) is 0 Å². The van der Waals surface area contributed by atoms with E-state index in [1.165, 1.54) is 6.20 Å². The normalized spacial score (nSPS) is 28.5. The molecule has 0 aliphatic carbocycles. The Morgan fingerprint density at radius 3 is 2.88 bits per heavy atom. The fourth-order valence-electron chi connectivity index (χ4n) is 1.69. The summed E-state index contributed by atoms with van der Waals surface area (Å²) in [5, 5.41) is 17.9. The van der Waals surface area contributed by atoms with Gasteiger partial charge >= 0.3 is 5.69 Å². The summed E-state index contributed by atoms with van der Waals surface area (Å²) in [5.74, 6) is 0. The SMILES string of the molecule is Cc1cn([C@@H]2C[C@@H](O)[C@H](OO)O2)c(=O)[nH]c1=O. The monoisotopic (exact) mass is 244 g/mol. The number of nitrogens with zero attached hydrogens (tertiary/aromatic N) is 1. The molecule has 2 heterocycles. The van der Waals surface area contributed by atoms with E-state index in [2.05, 4.69) is 9.87 Å². The van der Waals surface area contributed by atoms with Crippen LogP contribution in [0.2, 0.25) is 0 Å². The van der Waals surface area contributed by atoms with Gasteiger partial charge in [0.1, 0.15) is 12.3 Å². The number of aliphatic hydroxyl groups is 1. The molecule has 1 aromatic rings. The van der Waals surface area contributed by atoms with Crippen molar-refractivity contribution < 1.29 is 20.0 Å². The summed E-state index contributed by atoms with van der Waals surface area (Å²) in [6.45, 7) is 1.54. The van der Waals surface area contributed by atoms with Gasteiger partial charge in [0.2, 0.25) is 6.29 Å². The Labute approximate surface area is 95.0 Å². The molecule has 3 atom stereocenters. The number of aromatic nitrogens is 2. The van der Waals surface area contributed by atoms with Crippen LogP contribution in [0.1, 0.15) is 18.2 Å². The Balaban J connectivity index is 2.34. The highest BCUT2D eigenvalue weighted by atomic mass is 17.1. The molecule has 1 aromatic heterocycles. The molecule has 0 aromatic carbocycles. The Kier molecular flexibility index (Phi) is 3.11. The van der Waals surface area contributed by atoms with E-state index in [0.29, 0.717) is 5.56 Å². The molecule has 0 spiro atoms. The highest BCUT2D eigenvalue weighted by Crippen LogP contribution is 2.27. The van der Waals surface area contributed by atoms with Gasteiger partial charge in [0.05, 0.1) is 0 Å². The second kappa shape index (κ2) is 4.41. The van der Waals surface area contributed by atoms with Crippen molar-refractivity contribution in [3.05, 3.63) is 32.6 Å². The number of nitrogens with one attached hydrogen (secondary N) is 1. The predicted molar refractivity (Wildman–Crippen MR) is 54.3 cm³/mol. The summed E-state index contributed by atoms with van der Waals surface area (Å²) < 4.78 is 6.24. The lowest BCUT2D eigenvalue weighted by atomic mass is 10.2. The summed E-state index contributed by atoms with van der Waals surface area (Å²) in [4.78, 5) is 28.7. The molecule has 1 aliphatic rings. The van der Waals surface area contributed by atoms with Gasteiger partial charge in [-0.3, -0.25) is 14.3 Å². The minimum atomic E-state index is -1.20. The maximum atomic E-state index is 11.5. The molecule has 2 rings (SSSR count). The van der Waals surface area contributed by atoms with Gasteiger partial charge < -0.3 is 9.84 Å². The number of H-pyrrole nitrogens is 1. The molecular weight excluding hydrogens is 232 g/mol. The van der Waals surface area contributed by atoms with Crippen molar-refractivity contribution in [1.82, 2.24) is 9.55 Å². The van der Waals surface area contributed by atoms with Gasteiger partial charge in [-0.1, -0.05) is 0 Å². The summed E-state index contributed by atoms with van der Waals surface area (Å²) >= 11 is 0. The van der Waals surface area contributed by atoms with Crippen LogP contribution >= 0.6 is 0 Å². The van der Waals surface area contributed by atoms with Crippen molar-refractivity contribution in [3.8, 4) is 0 Å². The lowest BCUT2D eigenvalue weighted by Gasteiger charge is -2.13. The summed E-state index contributed by atoms with van der Waals surface area (Å²) in [7, 11) is 0. The van der Waals surface area contributed by atoms with Crippen LogP contribution in [0.4, 0.5) is 0 Å². The number of rotatable bonds is 2. The predicted octanol–water partition coefficient (Wildman–Crippen LogP) is -1.06. The second-order valence-corrected chi connectivity index (χ2v) is 3.85. The quantitative estimate of drug-likeness (QED) is 0.451. The van der Waals surface area contributed by atoms with Crippen molar-refractivity contribution in [2.24, 2.45) is 0 Å². The topological polar surface area (TPSA) is 114 Å². The smallest absolute Gasteiger partial charge is 0.330 e. The van der Waals surface area contributed by atoms with E-state index < -0.39 is 29.9 Å². The molecule has 3 N–H and O–H groups in total. The molecular formula is C9H12N2O6. The Bertz CT molecular complexity index is 521. The fraction of sp³-hybridized carbons (Fsp3) is 0.556. The van der Waals surface area contributed by atoms with Crippen LogP contribution in [0, 0.1) is 6.92 Å². The molecule has 1 fully saturated rings. The van der Waals surface area contributed by atoms with Gasteiger partial charge in [0, 0.05) is 18.2 Å². The molecule has 17 heavy (non-hydrogen) atoms. The lowest BCUT2D eigenvalue weighted by molar-refractivity contribution is -0.357. The van der Waals surface area contributed by atoms with E-state index in [1.54, 1.807) is 6.92 Å². The number of aryl methyl sites for hydroxylation is 1. The maximum absolute atomic E-state index is 11.5. The standard InChI is InChI=1S/C9H12N2O6/c1-4-3-11(9(14)10-7(4)13)6-2-5(12)8(16-6)17-15/h3,5-6,8,12,15H,2H2,1H3,(H,10,13,14)/t5-,6+,8+/m1/s1. The fourth-order valence-corrected chi connectivity index (χ4v) is 1.69. The maximum Gasteiger partial charge on any atom is 0.330 e. The van der Waals surface area contributed by atoms with Crippen molar-refractivity contribution in [2.45, 2.75) is 32.0 Å². The van der Waals surface area contributed by atoms with Crippen LogP contribution in [0.5, 0.6) is 0 Å². The molecule has 1 saturated heterocycles. The number of aliphatic hydroxyl groups excluding tert-OH is 1. The van der Waals surface area contributed by atoms with E-state index in [1.807, 2.05) is 0 Å². The van der Waals surface area contributed by atoms with Crippen molar-refractivity contribution in [1.29, 1.82) is 0 Å². The third-order valence-electron chi connectivity index (χ3n) is 2.61. The minimum Gasteiger partial charge on any atom is -0.388 e. The molecule has 0 unspecified atom stereocenters. The van der Waals surface area contributed by atoms with Crippen LogP contribution in [0.15, 0.2) is 15.8 Å². The molecule has 0 bridgehead atoms. The Hall–Kier alpha value is -1.48. The van der Waals surface area contributed by atoms with E-state index in [9.17, 15) is 14.7 Å². The third kappa shape index (κ3) is 2.15. The number of hydrogen-bond donors (Lipinski definition) is 3. The van der Waals surface area contributed by atoms with Crippen LogP contribution < -0.4 is 11.2 Å². The number of ether oxygens (including phenoxy) is 1. The Morgan fingerprint density at radius 1 is 1.59 bits per heavy atom. The lowest BCUT2D eigenvalue weighted by Crippen LogP contribution is -2.33. The first-order valence-corrected chi connectivity index (χ1v) is 4.98. The largest absolute Gasteiger partial charge is 0.388 e. The molecule has 1 aliphatic heterocycles. The zero-order valence-corrected chi connectivity index (χ0v) is 8.99. The number of aromatic amines is 1. The van der Waals surface area contributed by atoms with Crippen molar-refractivity contribution in [2.75, 3.05) is 0 Å². The third-order valence-corrected chi connectivity index (χ3v) is 2.61. The van der Waals surface area contributed by atoms with E-state index in [4.69, 9.17) is 9.99 Å². The van der Waals surface area contributed by atoms with Crippen LogP contribution in [-0.2, 0) is 9.62 Å². The molecule has 0 radical (unpaired) electrons. The Morgan fingerprint density at radius 2 is 2.29 bits per heavy atom. The highest BCUT2D eigenvalue weighted by molar-refractivity contribution is 5.01. The van der Waals surface area contributed by atoms with Gasteiger partial charge in [-0.2, -0.15) is 0 Å². The van der Waals surface area contributed by atoms with Gasteiger partial charge in [-0.05, 0) is 6.92 Å². The molecule has 8 nitrogen and oxygen atoms in total. The van der Waals surface area contributed by atoms with Gasteiger partial charge in [-0.25, -0.2) is 14.9 Å². The molecule has 0 saturated carbocycles. The average molecular weight is 244 g/mol. The van der Waals surface area contributed by atoms with Crippen molar-refractivity contribution in [3.63, 3.8) is 0 Å². The first kappa shape index (κ1) is 12.0.